The molecule has 0 radical (unpaired) electrons. The Balaban J connectivity index is 2.64. The quantitative estimate of drug-likeness (QED) is 0.724. The lowest BCUT2D eigenvalue weighted by atomic mass is 10.1. The molecular formula is C11H19N3O2S. The zero-order valence-electron chi connectivity index (χ0n) is 10.1. The zero-order valence-corrected chi connectivity index (χ0v) is 10.9. The molecule has 0 amide bonds. The van der Waals surface area contributed by atoms with Gasteiger partial charge in [0.1, 0.15) is 0 Å². The molecule has 5 nitrogen and oxygen atoms in total. The second-order valence-corrected chi connectivity index (χ2v) is 5.92. The predicted octanol–water partition coefficient (Wildman–Crippen LogP) is 0.729. The maximum atomic E-state index is 11.0. The third-order valence-electron chi connectivity index (χ3n) is 2.58. The summed E-state index contributed by atoms with van der Waals surface area (Å²) in [5, 5.41) is 8.14. The first-order valence-electron chi connectivity index (χ1n) is 5.43. The number of hydrogen-bond acceptors (Lipinski definition) is 4. The van der Waals surface area contributed by atoms with Crippen molar-refractivity contribution in [2.24, 2.45) is 16.8 Å². The number of rotatable bonds is 5. The van der Waals surface area contributed by atoms with Crippen molar-refractivity contribution in [2.75, 3.05) is 11.9 Å². The molecule has 0 saturated heterocycles. The number of nitrogens with two attached hydrogens (primary N) is 2. The third kappa shape index (κ3) is 4.33. The molecule has 1 aromatic rings. The molecule has 17 heavy (non-hydrogen) atoms. The molecule has 1 unspecified atom stereocenters. The fourth-order valence-corrected chi connectivity index (χ4v) is 1.75. The van der Waals surface area contributed by atoms with E-state index in [1.54, 1.807) is 12.1 Å². The molecule has 0 fully saturated rings. The second kappa shape index (κ2) is 5.48. The van der Waals surface area contributed by atoms with Gasteiger partial charge in [-0.05, 0) is 30.2 Å². The van der Waals surface area contributed by atoms with Gasteiger partial charge in [-0.1, -0.05) is 13.8 Å². The van der Waals surface area contributed by atoms with Gasteiger partial charge in [-0.15, -0.1) is 0 Å². The summed E-state index contributed by atoms with van der Waals surface area (Å²) < 4.78 is 22.1. The Morgan fingerprint density at radius 1 is 1.24 bits per heavy atom. The van der Waals surface area contributed by atoms with Crippen LogP contribution in [0.25, 0.3) is 0 Å². The summed E-state index contributed by atoms with van der Waals surface area (Å²) in [6.07, 6.45) is 0. The molecule has 1 aromatic carbocycles. The number of hydrogen-bond donors (Lipinski definition) is 3. The summed E-state index contributed by atoms with van der Waals surface area (Å²) in [6.45, 7) is 4.75. The van der Waals surface area contributed by atoms with Gasteiger partial charge < -0.3 is 11.1 Å². The highest BCUT2D eigenvalue weighted by Crippen LogP contribution is 2.13. The molecule has 0 aliphatic rings. The van der Waals surface area contributed by atoms with E-state index in [2.05, 4.69) is 19.2 Å². The van der Waals surface area contributed by atoms with Crippen molar-refractivity contribution < 1.29 is 8.42 Å². The van der Waals surface area contributed by atoms with Crippen LogP contribution in [0.3, 0.4) is 0 Å². The van der Waals surface area contributed by atoms with E-state index >= 15 is 0 Å². The van der Waals surface area contributed by atoms with Crippen molar-refractivity contribution >= 4 is 15.7 Å². The molecule has 96 valence electrons. The Bertz CT molecular complexity index is 454. The molecule has 6 heteroatoms. The summed E-state index contributed by atoms with van der Waals surface area (Å²) in [7, 11) is -3.62. The van der Waals surface area contributed by atoms with Crippen LogP contribution in [-0.4, -0.2) is 21.0 Å². The van der Waals surface area contributed by atoms with Gasteiger partial charge in [-0.2, -0.15) is 0 Å². The topological polar surface area (TPSA) is 98.2 Å². The largest absolute Gasteiger partial charge is 0.383 e. The molecule has 0 saturated carbocycles. The van der Waals surface area contributed by atoms with Gasteiger partial charge in [-0.3, -0.25) is 0 Å². The Hall–Kier alpha value is -1.11. The maximum Gasteiger partial charge on any atom is 0.238 e. The van der Waals surface area contributed by atoms with Crippen LogP contribution in [0.4, 0.5) is 5.69 Å². The zero-order chi connectivity index (χ0) is 13.1. The summed E-state index contributed by atoms with van der Waals surface area (Å²) in [6, 6.07) is 6.35. The van der Waals surface area contributed by atoms with Gasteiger partial charge >= 0.3 is 0 Å². The molecular weight excluding hydrogens is 238 g/mol. The Kier molecular flexibility index (Phi) is 4.50. The smallest absolute Gasteiger partial charge is 0.238 e. The predicted molar refractivity (Wildman–Crippen MR) is 69.1 cm³/mol. The van der Waals surface area contributed by atoms with Gasteiger partial charge in [0.2, 0.25) is 10.0 Å². The van der Waals surface area contributed by atoms with E-state index in [4.69, 9.17) is 10.9 Å². The highest BCUT2D eigenvalue weighted by atomic mass is 32.2. The first-order valence-corrected chi connectivity index (χ1v) is 6.97. The fraction of sp³-hybridized carbons (Fsp3) is 0.455. The summed E-state index contributed by atoms with van der Waals surface area (Å²) in [5.74, 6) is 0.395. The van der Waals surface area contributed by atoms with E-state index in [0.29, 0.717) is 12.5 Å². The van der Waals surface area contributed by atoms with Crippen LogP contribution in [0.2, 0.25) is 0 Å². The molecule has 0 bridgehead atoms. The monoisotopic (exact) mass is 257 g/mol. The highest BCUT2D eigenvalue weighted by Gasteiger charge is 2.08. The highest BCUT2D eigenvalue weighted by molar-refractivity contribution is 7.89. The number of benzene rings is 1. The van der Waals surface area contributed by atoms with Crippen LogP contribution in [0, 0.1) is 5.92 Å². The minimum atomic E-state index is -3.62. The van der Waals surface area contributed by atoms with Crippen molar-refractivity contribution in [2.45, 2.75) is 24.8 Å². The van der Waals surface area contributed by atoms with Crippen molar-refractivity contribution in [3.63, 3.8) is 0 Å². The Morgan fingerprint density at radius 3 is 2.18 bits per heavy atom. The van der Waals surface area contributed by atoms with Crippen LogP contribution in [-0.2, 0) is 10.0 Å². The number of primary sulfonamides is 1. The summed E-state index contributed by atoms with van der Waals surface area (Å²) >= 11 is 0. The van der Waals surface area contributed by atoms with Crippen molar-refractivity contribution in [1.29, 1.82) is 0 Å². The molecule has 0 aliphatic carbocycles. The fourth-order valence-electron chi connectivity index (χ4n) is 1.23. The average Bonchev–Trinajstić information content (AvgIpc) is 2.25. The normalized spacial score (nSPS) is 13.7. The van der Waals surface area contributed by atoms with Crippen LogP contribution in [0.1, 0.15) is 13.8 Å². The van der Waals surface area contributed by atoms with E-state index < -0.39 is 10.0 Å². The molecule has 0 aliphatic heterocycles. The van der Waals surface area contributed by atoms with E-state index in [-0.39, 0.29) is 10.9 Å². The van der Waals surface area contributed by atoms with Gasteiger partial charge in [-0.25, -0.2) is 13.6 Å². The first-order chi connectivity index (χ1) is 7.80. The van der Waals surface area contributed by atoms with Crippen molar-refractivity contribution in [1.82, 2.24) is 0 Å². The maximum absolute atomic E-state index is 11.0. The van der Waals surface area contributed by atoms with Crippen molar-refractivity contribution in [3.05, 3.63) is 24.3 Å². The minimum Gasteiger partial charge on any atom is -0.383 e. The lowest BCUT2D eigenvalue weighted by Gasteiger charge is -2.17. The average molecular weight is 257 g/mol. The van der Waals surface area contributed by atoms with Crippen molar-refractivity contribution in [3.8, 4) is 0 Å². The number of anilines is 1. The lowest BCUT2D eigenvalue weighted by molar-refractivity contribution is 0.511. The summed E-state index contributed by atoms with van der Waals surface area (Å²) in [4.78, 5) is 0.108. The van der Waals surface area contributed by atoms with Crippen LogP contribution >= 0.6 is 0 Å². The van der Waals surface area contributed by atoms with Crippen LogP contribution in [0.15, 0.2) is 29.2 Å². The van der Waals surface area contributed by atoms with Crippen LogP contribution in [0.5, 0.6) is 0 Å². The van der Waals surface area contributed by atoms with Crippen LogP contribution < -0.4 is 16.2 Å². The van der Waals surface area contributed by atoms with Gasteiger partial charge in [0.05, 0.1) is 4.90 Å². The number of nitrogens with one attached hydrogen (secondary N) is 1. The number of sulfonamides is 1. The summed E-state index contributed by atoms with van der Waals surface area (Å²) in [5.41, 5.74) is 6.71. The Morgan fingerprint density at radius 2 is 1.76 bits per heavy atom. The molecule has 0 heterocycles. The van der Waals surface area contributed by atoms with Gasteiger partial charge in [0, 0.05) is 18.3 Å². The van der Waals surface area contributed by atoms with E-state index in [9.17, 15) is 8.42 Å². The molecule has 0 aromatic heterocycles. The SMILES string of the molecule is CC(C)C(N)CNc1ccc(S(N)(=O)=O)cc1. The Labute approximate surface area is 102 Å². The third-order valence-corrected chi connectivity index (χ3v) is 3.51. The lowest BCUT2D eigenvalue weighted by Crippen LogP contribution is -2.33. The standard InChI is InChI=1S/C11H19N3O2S/c1-8(2)11(12)7-14-9-3-5-10(6-4-9)17(13,15)16/h3-6,8,11,14H,7,12H2,1-2H3,(H2,13,15,16). The second-order valence-electron chi connectivity index (χ2n) is 4.36. The van der Waals surface area contributed by atoms with E-state index in [0.717, 1.165) is 5.69 Å². The first kappa shape index (κ1) is 14.0. The molecule has 1 atom stereocenters. The molecule has 5 N–H and O–H groups in total. The molecule has 1 rings (SSSR count). The molecule has 0 spiro atoms. The van der Waals surface area contributed by atoms with Gasteiger partial charge in [0.15, 0.2) is 0 Å². The minimum absolute atomic E-state index is 0.0629. The van der Waals surface area contributed by atoms with E-state index in [1.165, 1.54) is 12.1 Å². The van der Waals surface area contributed by atoms with Gasteiger partial charge in [0.25, 0.3) is 0 Å². The van der Waals surface area contributed by atoms with E-state index in [1.807, 2.05) is 0 Å².